The molecule has 0 aliphatic heterocycles. The third kappa shape index (κ3) is 3.12. The normalized spacial score (nSPS) is 29.2. The molecule has 3 atom stereocenters. The fraction of sp³-hybridized carbons (Fsp3) is 0.667. The molecule has 1 heterocycles. The van der Waals surface area contributed by atoms with Crippen LogP contribution in [-0.2, 0) is 4.74 Å². The van der Waals surface area contributed by atoms with E-state index in [0.29, 0.717) is 18.1 Å². The van der Waals surface area contributed by atoms with Gasteiger partial charge in [-0.1, -0.05) is 19.8 Å². The fourth-order valence-electron chi connectivity index (χ4n) is 3.17. The minimum atomic E-state index is -0.821. The number of aliphatic hydroxyl groups is 1. The number of hydrogen-bond donors (Lipinski definition) is 1. The van der Waals surface area contributed by atoms with Crippen LogP contribution in [0.15, 0.2) is 18.5 Å². The van der Waals surface area contributed by atoms with Crippen molar-refractivity contribution in [2.24, 2.45) is 5.92 Å². The van der Waals surface area contributed by atoms with Gasteiger partial charge >= 0.3 is 0 Å². The minimum absolute atomic E-state index is 0.424. The first-order valence-corrected chi connectivity index (χ1v) is 7.00. The van der Waals surface area contributed by atoms with Crippen LogP contribution in [0.5, 0.6) is 0 Å². The van der Waals surface area contributed by atoms with Gasteiger partial charge in [0.25, 0.3) is 0 Å². The lowest BCUT2D eigenvalue weighted by atomic mass is 9.74. The number of hydrogen-bond acceptors (Lipinski definition) is 3. The largest absolute Gasteiger partial charge is 0.385 e. The maximum absolute atomic E-state index is 13.3. The molecule has 1 aromatic rings. The molecule has 0 amide bonds. The summed E-state index contributed by atoms with van der Waals surface area (Å²) in [5, 5.41) is 10.6. The van der Waals surface area contributed by atoms with Crippen LogP contribution in [0.4, 0.5) is 4.39 Å². The van der Waals surface area contributed by atoms with E-state index in [4.69, 9.17) is 4.74 Å². The van der Waals surface area contributed by atoms with Gasteiger partial charge in [-0.3, -0.25) is 4.98 Å². The van der Waals surface area contributed by atoms with Gasteiger partial charge in [0.1, 0.15) is 11.9 Å². The molecular formula is C15H22FNO2. The van der Waals surface area contributed by atoms with Crippen molar-refractivity contribution in [1.29, 1.82) is 0 Å². The first kappa shape index (κ1) is 14.4. The van der Waals surface area contributed by atoms with Crippen LogP contribution in [0.3, 0.4) is 0 Å². The van der Waals surface area contributed by atoms with Gasteiger partial charge in [0.2, 0.25) is 0 Å². The molecule has 2 rings (SSSR count). The second kappa shape index (κ2) is 5.97. The third-order valence-corrected chi connectivity index (χ3v) is 3.96. The third-order valence-electron chi connectivity index (χ3n) is 3.96. The summed E-state index contributed by atoms with van der Waals surface area (Å²) in [4.78, 5) is 3.82. The number of aliphatic hydroxyl groups excluding tert-OH is 1. The second-order valence-electron chi connectivity index (χ2n) is 5.54. The Balaban J connectivity index is 2.27. The lowest BCUT2D eigenvalue weighted by Gasteiger charge is -2.43. The average Bonchev–Trinajstić information content (AvgIpc) is 2.38. The predicted octanol–water partition coefficient (Wildman–Crippen LogP) is 3.24. The average molecular weight is 267 g/mol. The molecule has 3 nitrogen and oxygen atoms in total. The highest BCUT2D eigenvalue weighted by Gasteiger charge is 2.42. The lowest BCUT2D eigenvalue weighted by Crippen LogP contribution is -2.43. The summed E-state index contributed by atoms with van der Waals surface area (Å²) in [6, 6.07) is 1.34. The van der Waals surface area contributed by atoms with E-state index in [1.807, 2.05) is 6.92 Å². The summed E-state index contributed by atoms with van der Waals surface area (Å²) in [7, 11) is 0. The van der Waals surface area contributed by atoms with E-state index in [-0.39, 0.29) is 0 Å². The van der Waals surface area contributed by atoms with Crippen LogP contribution in [0.2, 0.25) is 0 Å². The second-order valence-corrected chi connectivity index (χ2v) is 5.54. The molecule has 0 saturated heterocycles. The summed E-state index contributed by atoms with van der Waals surface area (Å²) in [6.07, 6.45) is 5.64. The van der Waals surface area contributed by atoms with Crippen LogP contribution in [0.1, 0.15) is 51.2 Å². The van der Waals surface area contributed by atoms with Crippen molar-refractivity contribution < 1.29 is 14.2 Å². The summed E-state index contributed by atoms with van der Waals surface area (Å²) < 4.78 is 19.2. The van der Waals surface area contributed by atoms with Gasteiger partial charge in [-0.2, -0.15) is 0 Å². The van der Waals surface area contributed by atoms with E-state index in [0.717, 1.165) is 31.9 Å². The molecular weight excluding hydrogens is 245 g/mol. The first-order chi connectivity index (χ1) is 9.07. The Bertz CT molecular complexity index is 422. The van der Waals surface area contributed by atoms with E-state index in [2.05, 4.69) is 11.9 Å². The first-order valence-electron chi connectivity index (χ1n) is 7.00. The van der Waals surface area contributed by atoms with Gasteiger partial charge in [0.15, 0.2) is 0 Å². The van der Waals surface area contributed by atoms with Gasteiger partial charge in [0.05, 0.1) is 11.8 Å². The monoisotopic (exact) mass is 267 g/mol. The standard InChI is InChI=1S/C15H22FNO2/c1-3-19-15(6-4-5-11(2)8-15)14(18)12-7-13(16)10-17-9-12/h7,9-11,14,18H,3-6,8H2,1-2H3. The number of halogens is 1. The van der Waals surface area contributed by atoms with Crippen LogP contribution in [0.25, 0.3) is 0 Å². The van der Waals surface area contributed by atoms with Gasteiger partial charge < -0.3 is 9.84 Å². The van der Waals surface area contributed by atoms with E-state index in [1.165, 1.54) is 12.3 Å². The highest BCUT2D eigenvalue weighted by Crippen LogP contribution is 2.43. The molecule has 1 aliphatic carbocycles. The predicted molar refractivity (Wildman–Crippen MR) is 71.1 cm³/mol. The van der Waals surface area contributed by atoms with Crippen molar-refractivity contribution in [3.05, 3.63) is 29.8 Å². The van der Waals surface area contributed by atoms with E-state index in [9.17, 15) is 9.50 Å². The summed E-state index contributed by atoms with van der Waals surface area (Å²) in [5.74, 6) is 0.0866. The van der Waals surface area contributed by atoms with Crippen molar-refractivity contribution in [3.8, 4) is 0 Å². The zero-order valence-electron chi connectivity index (χ0n) is 11.6. The zero-order valence-corrected chi connectivity index (χ0v) is 11.6. The fourth-order valence-corrected chi connectivity index (χ4v) is 3.17. The molecule has 1 fully saturated rings. The Morgan fingerprint density at radius 3 is 3.00 bits per heavy atom. The summed E-state index contributed by atoms with van der Waals surface area (Å²) in [5.41, 5.74) is -0.0930. The van der Waals surface area contributed by atoms with Crippen LogP contribution < -0.4 is 0 Å². The van der Waals surface area contributed by atoms with Crippen LogP contribution in [-0.4, -0.2) is 22.3 Å². The van der Waals surface area contributed by atoms with Crippen molar-refractivity contribution in [2.45, 2.75) is 51.2 Å². The zero-order chi connectivity index (χ0) is 13.9. The molecule has 0 spiro atoms. The summed E-state index contributed by atoms with van der Waals surface area (Å²) >= 11 is 0. The molecule has 0 bridgehead atoms. The quantitative estimate of drug-likeness (QED) is 0.910. The van der Waals surface area contributed by atoms with E-state index >= 15 is 0 Å². The smallest absolute Gasteiger partial charge is 0.141 e. The molecule has 1 N–H and O–H groups in total. The number of nitrogens with zero attached hydrogens (tertiary/aromatic N) is 1. The lowest BCUT2D eigenvalue weighted by molar-refractivity contribution is -0.150. The van der Waals surface area contributed by atoms with E-state index < -0.39 is 17.5 Å². The number of rotatable bonds is 4. The Hall–Kier alpha value is -1.00. The van der Waals surface area contributed by atoms with Crippen molar-refractivity contribution in [1.82, 2.24) is 4.98 Å². The number of pyridine rings is 1. The van der Waals surface area contributed by atoms with Crippen molar-refractivity contribution in [2.75, 3.05) is 6.61 Å². The SMILES string of the molecule is CCOC1(C(O)c2cncc(F)c2)CCCC(C)C1. The number of ether oxygens (including phenoxy) is 1. The number of aromatic nitrogens is 1. The molecule has 0 radical (unpaired) electrons. The maximum atomic E-state index is 13.3. The highest BCUT2D eigenvalue weighted by molar-refractivity contribution is 5.18. The molecule has 4 heteroatoms. The Labute approximate surface area is 113 Å². The topological polar surface area (TPSA) is 42.4 Å². The van der Waals surface area contributed by atoms with Gasteiger partial charge in [0, 0.05) is 18.4 Å². The molecule has 0 aromatic carbocycles. The minimum Gasteiger partial charge on any atom is -0.385 e. The summed E-state index contributed by atoms with van der Waals surface area (Å²) in [6.45, 7) is 4.65. The molecule has 1 aliphatic rings. The van der Waals surface area contributed by atoms with Crippen LogP contribution in [0, 0.1) is 11.7 Å². The Kier molecular flexibility index (Phi) is 4.53. The van der Waals surface area contributed by atoms with Gasteiger partial charge in [-0.15, -0.1) is 0 Å². The highest BCUT2D eigenvalue weighted by atomic mass is 19.1. The molecule has 1 saturated carbocycles. The maximum Gasteiger partial charge on any atom is 0.141 e. The molecule has 3 unspecified atom stereocenters. The van der Waals surface area contributed by atoms with E-state index in [1.54, 1.807) is 0 Å². The molecule has 1 aromatic heterocycles. The van der Waals surface area contributed by atoms with Gasteiger partial charge in [-0.25, -0.2) is 4.39 Å². The van der Waals surface area contributed by atoms with Crippen LogP contribution >= 0.6 is 0 Å². The molecule has 19 heavy (non-hydrogen) atoms. The Morgan fingerprint density at radius 1 is 1.58 bits per heavy atom. The Morgan fingerprint density at radius 2 is 2.37 bits per heavy atom. The van der Waals surface area contributed by atoms with Gasteiger partial charge in [-0.05, 0) is 31.7 Å². The van der Waals surface area contributed by atoms with Crippen molar-refractivity contribution >= 4 is 0 Å². The molecule has 106 valence electrons. The van der Waals surface area contributed by atoms with Crippen molar-refractivity contribution in [3.63, 3.8) is 0 Å².